The van der Waals surface area contributed by atoms with E-state index in [0.717, 1.165) is 5.56 Å². The van der Waals surface area contributed by atoms with Crippen LogP contribution in [0.25, 0.3) is 0 Å². The number of benzene rings is 1. The highest BCUT2D eigenvalue weighted by atomic mass is 35.5. The fraction of sp³-hybridized carbons (Fsp3) is 0.154. The molecule has 1 aromatic carbocycles. The molecule has 0 saturated heterocycles. The Hall–Kier alpha value is -1.83. The lowest BCUT2D eigenvalue weighted by molar-refractivity contribution is 0.0912. The normalized spacial score (nSPS) is 12.9. The second-order valence-electron chi connectivity index (χ2n) is 4.41. The van der Waals surface area contributed by atoms with Crippen molar-refractivity contribution in [2.45, 2.75) is 17.9 Å². The van der Waals surface area contributed by atoms with Crippen LogP contribution in [0, 0.1) is 0 Å². The van der Waals surface area contributed by atoms with Gasteiger partial charge in [0, 0.05) is 0 Å². The highest BCUT2D eigenvalue weighted by molar-refractivity contribution is 7.89. The molecule has 0 bridgehead atoms. The Morgan fingerprint density at radius 3 is 2.33 bits per heavy atom. The van der Waals surface area contributed by atoms with Gasteiger partial charge in [0.25, 0.3) is 5.91 Å². The maximum Gasteiger partial charge on any atom is 0.287 e. The van der Waals surface area contributed by atoms with Gasteiger partial charge in [0.05, 0.1) is 10.9 Å². The van der Waals surface area contributed by atoms with Gasteiger partial charge in [-0.15, -0.1) is 0 Å². The van der Waals surface area contributed by atoms with Crippen LogP contribution in [0.15, 0.2) is 45.7 Å². The first-order chi connectivity index (χ1) is 9.77. The topological polar surface area (TPSA) is 102 Å². The molecule has 0 aliphatic heterocycles. The third kappa shape index (κ3) is 3.84. The summed E-state index contributed by atoms with van der Waals surface area (Å²) in [5, 5.41) is 7.86. The fourth-order valence-electron chi connectivity index (χ4n) is 1.73. The molecule has 0 aliphatic carbocycles. The minimum absolute atomic E-state index is 0.0163. The Morgan fingerprint density at radius 2 is 1.86 bits per heavy atom. The number of carbonyl (C=O) groups is 1. The summed E-state index contributed by atoms with van der Waals surface area (Å²) in [5.41, 5.74) is 0.730. The van der Waals surface area contributed by atoms with Crippen LogP contribution in [-0.2, 0) is 10.0 Å². The molecule has 21 heavy (non-hydrogen) atoms. The predicted molar refractivity (Wildman–Crippen MR) is 77.4 cm³/mol. The van der Waals surface area contributed by atoms with Gasteiger partial charge in [0.2, 0.25) is 10.0 Å². The van der Waals surface area contributed by atoms with Crippen molar-refractivity contribution in [1.82, 2.24) is 5.32 Å². The maximum absolute atomic E-state index is 11.9. The quantitative estimate of drug-likeness (QED) is 0.896. The summed E-state index contributed by atoms with van der Waals surface area (Å²) in [6, 6.07) is 8.54. The highest BCUT2D eigenvalue weighted by Crippen LogP contribution is 2.17. The molecule has 2 aromatic rings. The van der Waals surface area contributed by atoms with E-state index in [-0.39, 0.29) is 21.9 Å². The first-order valence-corrected chi connectivity index (χ1v) is 7.89. The van der Waals surface area contributed by atoms with E-state index in [9.17, 15) is 13.2 Å². The van der Waals surface area contributed by atoms with Gasteiger partial charge < -0.3 is 9.73 Å². The van der Waals surface area contributed by atoms with E-state index >= 15 is 0 Å². The van der Waals surface area contributed by atoms with E-state index < -0.39 is 15.9 Å². The molecule has 0 saturated carbocycles. The van der Waals surface area contributed by atoms with Crippen LogP contribution in [-0.4, -0.2) is 14.3 Å². The van der Waals surface area contributed by atoms with Crippen molar-refractivity contribution >= 4 is 27.5 Å². The van der Waals surface area contributed by atoms with Crippen LogP contribution in [0.1, 0.15) is 29.1 Å². The monoisotopic (exact) mass is 328 g/mol. The van der Waals surface area contributed by atoms with Gasteiger partial charge in [-0.2, -0.15) is 0 Å². The summed E-state index contributed by atoms with van der Waals surface area (Å²) in [7, 11) is -3.73. The average molecular weight is 329 g/mol. The van der Waals surface area contributed by atoms with Crippen LogP contribution < -0.4 is 10.5 Å². The molecule has 0 fully saturated rings. The van der Waals surface area contributed by atoms with Crippen LogP contribution in [0.2, 0.25) is 5.22 Å². The molecule has 0 unspecified atom stereocenters. The van der Waals surface area contributed by atoms with Crippen molar-refractivity contribution in [3.8, 4) is 0 Å². The van der Waals surface area contributed by atoms with Crippen molar-refractivity contribution in [3.05, 3.63) is 52.9 Å². The number of rotatable bonds is 4. The summed E-state index contributed by atoms with van der Waals surface area (Å²) in [6.45, 7) is 1.76. The number of amides is 1. The number of nitrogens with one attached hydrogen (secondary N) is 1. The number of hydrogen-bond donors (Lipinski definition) is 2. The van der Waals surface area contributed by atoms with Gasteiger partial charge in [-0.05, 0) is 48.4 Å². The van der Waals surface area contributed by atoms with E-state index in [0.29, 0.717) is 0 Å². The molecule has 2 rings (SSSR count). The SMILES string of the molecule is C[C@@H](NC(=O)c1ccc(Cl)o1)c1ccc(S(N)(=O)=O)cc1. The van der Waals surface area contributed by atoms with Gasteiger partial charge in [-0.25, -0.2) is 13.6 Å². The number of hydrogen-bond acceptors (Lipinski definition) is 4. The van der Waals surface area contributed by atoms with Crippen molar-refractivity contribution in [2.24, 2.45) is 5.14 Å². The predicted octanol–water partition coefficient (Wildman–Crippen LogP) is 2.07. The Bertz CT molecular complexity index is 753. The zero-order chi connectivity index (χ0) is 15.6. The molecule has 1 atom stereocenters. The van der Waals surface area contributed by atoms with Crippen LogP contribution >= 0.6 is 11.6 Å². The number of nitrogens with two attached hydrogens (primary N) is 1. The molecule has 112 valence electrons. The number of sulfonamides is 1. The third-order valence-electron chi connectivity index (χ3n) is 2.85. The summed E-state index contributed by atoms with van der Waals surface area (Å²) < 4.78 is 27.3. The van der Waals surface area contributed by atoms with Gasteiger partial charge >= 0.3 is 0 Å². The van der Waals surface area contributed by atoms with Crippen molar-refractivity contribution < 1.29 is 17.6 Å². The summed E-state index contributed by atoms with van der Waals surface area (Å²) in [6.07, 6.45) is 0. The molecule has 0 aliphatic rings. The number of halogens is 1. The second-order valence-corrected chi connectivity index (χ2v) is 6.35. The Morgan fingerprint density at radius 1 is 1.24 bits per heavy atom. The van der Waals surface area contributed by atoms with E-state index in [1.807, 2.05) is 0 Å². The summed E-state index contributed by atoms with van der Waals surface area (Å²) in [4.78, 5) is 11.9. The lowest BCUT2D eigenvalue weighted by Gasteiger charge is -2.13. The molecule has 8 heteroatoms. The molecule has 0 spiro atoms. The minimum Gasteiger partial charge on any atom is -0.440 e. The fourth-order valence-corrected chi connectivity index (χ4v) is 2.40. The van der Waals surface area contributed by atoms with E-state index in [1.165, 1.54) is 24.3 Å². The van der Waals surface area contributed by atoms with Crippen LogP contribution in [0.5, 0.6) is 0 Å². The Kier molecular flexibility index (Phi) is 4.36. The molecular formula is C13H13ClN2O4S. The molecule has 1 amide bonds. The molecule has 0 radical (unpaired) electrons. The first-order valence-electron chi connectivity index (χ1n) is 5.96. The van der Waals surface area contributed by atoms with Crippen molar-refractivity contribution in [1.29, 1.82) is 0 Å². The van der Waals surface area contributed by atoms with Crippen LogP contribution in [0.3, 0.4) is 0 Å². The zero-order valence-electron chi connectivity index (χ0n) is 11.0. The molecular weight excluding hydrogens is 316 g/mol. The highest BCUT2D eigenvalue weighted by Gasteiger charge is 2.15. The standard InChI is InChI=1S/C13H13ClN2O4S/c1-8(16-13(17)11-6-7-12(14)20-11)9-2-4-10(5-3-9)21(15,18)19/h2-8H,1H3,(H,16,17)(H2,15,18,19)/t8-/m1/s1. The zero-order valence-corrected chi connectivity index (χ0v) is 12.6. The van der Waals surface area contributed by atoms with Gasteiger partial charge in [-0.3, -0.25) is 4.79 Å². The minimum atomic E-state index is -3.73. The number of primary sulfonamides is 1. The molecule has 6 nitrogen and oxygen atoms in total. The first kappa shape index (κ1) is 15.6. The van der Waals surface area contributed by atoms with Crippen LogP contribution in [0.4, 0.5) is 0 Å². The maximum atomic E-state index is 11.9. The lowest BCUT2D eigenvalue weighted by atomic mass is 10.1. The number of furan rings is 1. The van der Waals surface area contributed by atoms with E-state index in [2.05, 4.69) is 5.32 Å². The van der Waals surface area contributed by atoms with Crippen molar-refractivity contribution in [2.75, 3.05) is 0 Å². The lowest BCUT2D eigenvalue weighted by Crippen LogP contribution is -2.26. The van der Waals surface area contributed by atoms with Gasteiger partial charge in [0.1, 0.15) is 0 Å². The Labute approximate surface area is 126 Å². The molecule has 3 N–H and O–H groups in total. The summed E-state index contributed by atoms with van der Waals surface area (Å²) >= 11 is 5.60. The van der Waals surface area contributed by atoms with Crippen molar-refractivity contribution in [3.63, 3.8) is 0 Å². The smallest absolute Gasteiger partial charge is 0.287 e. The molecule has 1 heterocycles. The van der Waals surface area contributed by atoms with Gasteiger partial charge in [0.15, 0.2) is 11.0 Å². The molecule has 1 aromatic heterocycles. The summed E-state index contributed by atoms with van der Waals surface area (Å²) in [5.74, 6) is -0.307. The average Bonchev–Trinajstić information content (AvgIpc) is 2.84. The third-order valence-corrected chi connectivity index (χ3v) is 3.99. The largest absolute Gasteiger partial charge is 0.440 e. The Balaban J connectivity index is 2.10. The van der Waals surface area contributed by atoms with Gasteiger partial charge in [-0.1, -0.05) is 12.1 Å². The van der Waals surface area contributed by atoms with E-state index in [1.54, 1.807) is 19.1 Å². The number of carbonyl (C=O) groups excluding carboxylic acids is 1. The second kappa shape index (κ2) is 5.88. The van der Waals surface area contributed by atoms with E-state index in [4.69, 9.17) is 21.2 Å².